The molecule has 2 aromatic heterocycles. The first-order valence-electron chi connectivity index (χ1n) is 8.00. The fourth-order valence-electron chi connectivity index (χ4n) is 2.42. The highest BCUT2D eigenvalue weighted by molar-refractivity contribution is 7.98. The van der Waals surface area contributed by atoms with E-state index in [-0.39, 0.29) is 0 Å². The minimum absolute atomic E-state index is 0.457. The van der Waals surface area contributed by atoms with Gasteiger partial charge in [-0.25, -0.2) is 4.68 Å². The number of rotatable bonds is 7. The molecule has 0 spiro atoms. The number of aromatic nitrogens is 5. The van der Waals surface area contributed by atoms with E-state index < -0.39 is 0 Å². The van der Waals surface area contributed by atoms with Gasteiger partial charge in [-0.3, -0.25) is 4.98 Å². The van der Waals surface area contributed by atoms with Crippen molar-refractivity contribution >= 4 is 23.4 Å². The molecule has 1 saturated carbocycles. The zero-order chi connectivity index (χ0) is 17.1. The number of benzene rings is 1. The van der Waals surface area contributed by atoms with Gasteiger partial charge in [-0.2, -0.15) is 0 Å². The van der Waals surface area contributed by atoms with Crippen LogP contribution in [-0.2, 0) is 12.4 Å². The van der Waals surface area contributed by atoms with E-state index in [1.165, 1.54) is 0 Å². The van der Waals surface area contributed by atoms with Crippen molar-refractivity contribution in [1.29, 1.82) is 0 Å². The molecule has 25 heavy (non-hydrogen) atoms. The van der Waals surface area contributed by atoms with Crippen LogP contribution < -0.4 is 4.74 Å². The monoisotopic (exact) mass is 373 g/mol. The number of hydrogen-bond acceptors (Lipinski definition) is 6. The SMILES string of the molecule is Clc1ccc(OCc2cccnc2)c(CSc2nnnn2C2CC2)c1. The smallest absolute Gasteiger partial charge is 0.209 e. The van der Waals surface area contributed by atoms with Crippen LogP contribution in [-0.4, -0.2) is 25.2 Å². The van der Waals surface area contributed by atoms with Crippen molar-refractivity contribution in [2.45, 2.75) is 36.4 Å². The van der Waals surface area contributed by atoms with Crippen LogP contribution in [0.3, 0.4) is 0 Å². The highest BCUT2D eigenvalue weighted by Crippen LogP contribution is 2.37. The zero-order valence-electron chi connectivity index (χ0n) is 13.4. The van der Waals surface area contributed by atoms with Gasteiger partial charge < -0.3 is 4.74 Å². The van der Waals surface area contributed by atoms with Gasteiger partial charge >= 0.3 is 0 Å². The Morgan fingerprint density at radius 3 is 3.00 bits per heavy atom. The van der Waals surface area contributed by atoms with E-state index in [4.69, 9.17) is 16.3 Å². The van der Waals surface area contributed by atoms with Crippen molar-refractivity contribution in [2.75, 3.05) is 0 Å². The fraction of sp³-hybridized carbons (Fsp3) is 0.294. The third-order valence-corrected chi connectivity index (χ3v) is 5.07. The Balaban J connectivity index is 1.46. The summed E-state index contributed by atoms with van der Waals surface area (Å²) in [6, 6.07) is 10.0. The molecule has 0 radical (unpaired) electrons. The molecule has 1 aromatic carbocycles. The lowest BCUT2D eigenvalue weighted by Crippen LogP contribution is -2.00. The summed E-state index contributed by atoms with van der Waals surface area (Å²) in [5.41, 5.74) is 2.04. The summed E-state index contributed by atoms with van der Waals surface area (Å²) >= 11 is 7.76. The zero-order valence-corrected chi connectivity index (χ0v) is 15.0. The number of hydrogen-bond donors (Lipinski definition) is 0. The minimum Gasteiger partial charge on any atom is -0.489 e. The van der Waals surface area contributed by atoms with Crippen LogP contribution in [0.2, 0.25) is 5.02 Å². The van der Waals surface area contributed by atoms with Crippen LogP contribution in [0.5, 0.6) is 5.75 Å². The second-order valence-corrected chi connectivity index (χ2v) is 7.21. The lowest BCUT2D eigenvalue weighted by atomic mass is 10.2. The van der Waals surface area contributed by atoms with Crippen LogP contribution in [0, 0.1) is 0 Å². The van der Waals surface area contributed by atoms with Gasteiger partial charge in [-0.15, -0.1) is 5.10 Å². The molecule has 0 saturated heterocycles. The predicted molar refractivity (Wildman–Crippen MR) is 95.7 cm³/mol. The van der Waals surface area contributed by atoms with E-state index in [0.717, 1.165) is 34.9 Å². The largest absolute Gasteiger partial charge is 0.489 e. The summed E-state index contributed by atoms with van der Waals surface area (Å²) in [6.45, 7) is 0.465. The number of tetrazole rings is 1. The van der Waals surface area contributed by atoms with Crippen molar-refractivity contribution in [3.8, 4) is 5.75 Å². The standard InChI is InChI=1S/C17H16ClN5OS/c18-14-3-6-16(24-10-12-2-1-7-19-9-12)13(8-14)11-25-17-20-21-22-23(17)15-4-5-15/h1-3,6-9,15H,4-5,10-11H2. The fourth-order valence-corrected chi connectivity index (χ4v) is 3.53. The quantitative estimate of drug-likeness (QED) is 0.584. The second-order valence-electron chi connectivity index (χ2n) is 5.83. The van der Waals surface area contributed by atoms with Crippen molar-refractivity contribution in [1.82, 2.24) is 25.2 Å². The van der Waals surface area contributed by atoms with Gasteiger partial charge in [0.2, 0.25) is 5.16 Å². The van der Waals surface area contributed by atoms with Crippen LogP contribution in [0.15, 0.2) is 47.9 Å². The lowest BCUT2D eigenvalue weighted by molar-refractivity contribution is 0.303. The van der Waals surface area contributed by atoms with Gasteiger partial charge in [-0.05, 0) is 47.5 Å². The van der Waals surface area contributed by atoms with Gasteiger partial charge in [0, 0.05) is 34.3 Å². The van der Waals surface area contributed by atoms with Crippen LogP contribution >= 0.6 is 23.4 Å². The lowest BCUT2D eigenvalue weighted by Gasteiger charge is -2.12. The topological polar surface area (TPSA) is 65.7 Å². The van der Waals surface area contributed by atoms with Crippen molar-refractivity contribution in [3.05, 3.63) is 58.9 Å². The molecule has 128 valence electrons. The Kier molecular flexibility index (Phi) is 4.85. The minimum atomic E-state index is 0.457. The molecular formula is C17H16ClN5OS. The Bertz CT molecular complexity index is 853. The van der Waals surface area contributed by atoms with Crippen LogP contribution in [0.1, 0.15) is 30.0 Å². The third kappa shape index (κ3) is 4.11. The maximum atomic E-state index is 6.17. The van der Waals surface area contributed by atoms with Crippen LogP contribution in [0.4, 0.5) is 0 Å². The maximum Gasteiger partial charge on any atom is 0.209 e. The van der Waals surface area contributed by atoms with E-state index in [0.29, 0.717) is 23.4 Å². The van der Waals surface area contributed by atoms with E-state index in [1.807, 2.05) is 35.0 Å². The normalized spacial score (nSPS) is 13.8. The summed E-state index contributed by atoms with van der Waals surface area (Å²) in [6.07, 6.45) is 5.84. The molecule has 2 heterocycles. The van der Waals surface area contributed by atoms with Gasteiger partial charge in [0.05, 0.1) is 6.04 Å². The van der Waals surface area contributed by atoms with Gasteiger partial charge in [0.25, 0.3) is 0 Å². The molecule has 0 aliphatic heterocycles. The van der Waals surface area contributed by atoms with Gasteiger partial charge in [0.1, 0.15) is 12.4 Å². The van der Waals surface area contributed by atoms with Crippen molar-refractivity contribution in [2.24, 2.45) is 0 Å². The molecule has 1 fully saturated rings. The number of thioether (sulfide) groups is 1. The first-order valence-corrected chi connectivity index (χ1v) is 9.37. The second kappa shape index (κ2) is 7.41. The van der Waals surface area contributed by atoms with Crippen molar-refractivity contribution in [3.63, 3.8) is 0 Å². The summed E-state index contributed by atoms with van der Waals surface area (Å²) in [4.78, 5) is 4.11. The molecule has 1 aliphatic carbocycles. The van der Waals surface area contributed by atoms with E-state index in [9.17, 15) is 0 Å². The maximum absolute atomic E-state index is 6.17. The molecule has 6 nitrogen and oxygen atoms in total. The molecular weight excluding hydrogens is 358 g/mol. The van der Waals surface area contributed by atoms with E-state index in [1.54, 1.807) is 24.2 Å². The Hall–Kier alpha value is -2.12. The molecule has 1 aliphatic rings. The Morgan fingerprint density at radius 1 is 1.28 bits per heavy atom. The summed E-state index contributed by atoms with van der Waals surface area (Å²) in [7, 11) is 0. The molecule has 0 unspecified atom stereocenters. The molecule has 4 rings (SSSR count). The average molecular weight is 374 g/mol. The predicted octanol–water partition coefficient (Wildman–Crippen LogP) is 3.93. The highest BCUT2D eigenvalue weighted by atomic mass is 35.5. The number of nitrogens with zero attached hydrogens (tertiary/aromatic N) is 5. The van der Waals surface area contributed by atoms with Gasteiger partial charge in [-0.1, -0.05) is 29.4 Å². The molecule has 3 aromatic rings. The van der Waals surface area contributed by atoms with Crippen molar-refractivity contribution < 1.29 is 4.74 Å². The van der Waals surface area contributed by atoms with Gasteiger partial charge in [0.15, 0.2) is 0 Å². The molecule has 0 bridgehead atoms. The third-order valence-electron chi connectivity index (χ3n) is 3.85. The molecule has 0 N–H and O–H groups in total. The first-order chi connectivity index (χ1) is 12.3. The molecule has 0 atom stereocenters. The average Bonchev–Trinajstić information content (AvgIpc) is 3.38. The number of halogens is 1. The summed E-state index contributed by atoms with van der Waals surface area (Å²) in [5.74, 6) is 1.50. The Labute approximate surface area is 154 Å². The highest BCUT2D eigenvalue weighted by Gasteiger charge is 2.27. The Morgan fingerprint density at radius 2 is 2.20 bits per heavy atom. The van der Waals surface area contributed by atoms with Crippen LogP contribution in [0.25, 0.3) is 0 Å². The van der Waals surface area contributed by atoms with E-state index >= 15 is 0 Å². The molecule has 0 amide bonds. The number of pyridine rings is 1. The molecule has 8 heteroatoms. The summed E-state index contributed by atoms with van der Waals surface area (Å²) in [5, 5.41) is 13.5. The first kappa shape index (κ1) is 16.4. The summed E-state index contributed by atoms with van der Waals surface area (Å²) < 4.78 is 7.88. The van der Waals surface area contributed by atoms with E-state index in [2.05, 4.69) is 20.5 Å². The number of ether oxygens (including phenoxy) is 1.